The molecule has 0 spiro atoms. The van der Waals surface area contributed by atoms with Crippen LogP contribution >= 0.6 is 0 Å². The second-order valence-corrected chi connectivity index (χ2v) is 13.4. The maximum atomic E-state index is 6.36. The van der Waals surface area contributed by atoms with Crippen LogP contribution in [-0.2, 0) is 20.1 Å². The third-order valence-electron chi connectivity index (χ3n) is 9.31. The van der Waals surface area contributed by atoms with E-state index in [0.717, 1.165) is 61.4 Å². The number of nitrogens with zero attached hydrogens (tertiary/aromatic N) is 5. The molecule has 7 heteroatoms. The van der Waals surface area contributed by atoms with Crippen molar-refractivity contribution in [2.75, 3.05) is 0 Å². The molecular weight excluding hydrogens is 831 g/mol. The molecule has 0 saturated heterocycles. The van der Waals surface area contributed by atoms with E-state index in [-0.39, 0.29) is 20.1 Å². The molecule has 0 aliphatic heterocycles. The average molecular weight is 868 g/mol. The molecule has 0 unspecified atom stereocenters. The Kier molecular flexibility index (Phi) is 10.4. The van der Waals surface area contributed by atoms with E-state index in [1.807, 2.05) is 85.1 Å². The van der Waals surface area contributed by atoms with Crippen LogP contribution in [0.25, 0.3) is 72.6 Å². The molecule has 9 aromatic rings. The van der Waals surface area contributed by atoms with Crippen molar-refractivity contribution < 1.29 is 24.5 Å². The summed E-state index contributed by atoms with van der Waals surface area (Å²) in [6.45, 7) is 8.89. The Labute approximate surface area is 322 Å². The van der Waals surface area contributed by atoms with E-state index in [2.05, 4.69) is 108 Å². The van der Waals surface area contributed by atoms with E-state index in [1.165, 1.54) is 22.3 Å². The molecule has 0 saturated carbocycles. The van der Waals surface area contributed by atoms with Gasteiger partial charge in [-0.15, -0.1) is 59.2 Å². The quantitative estimate of drug-likeness (QED) is 0.156. The molecule has 4 aromatic heterocycles. The largest absolute Gasteiger partial charge is 0.501 e. The molecule has 5 aromatic carbocycles. The van der Waals surface area contributed by atoms with Gasteiger partial charge in [0.15, 0.2) is 5.65 Å². The predicted molar refractivity (Wildman–Crippen MR) is 210 cm³/mol. The first-order valence-corrected chi connectivity index (χ1v) is 17.6. The SMILES string of the molecule is CC(C)c1cccc(C(C)C)c1-n1c(-c2[c-]ccc3c2oc2ccccc23)nc2ccnnc21.[Ir].[c-]1ccccc1-c1cc(-c2ccccc2)ccn1. The maximum Gasteiger partial charge on any atom is 0.178 e. The number of imidazole rings is 1. The summed E-state index contributed by atoms with van der Waals surface area (Å²) in [6.07, 6.45) is 3.53. The van der Waals surface area contributed by atoms with Gasteiger partial charge < -0.3 is 14.0 Å². The van der Waals surface area contributed by atoms with E-state index < -0.39 is 0 Å². The molecule has 4 heterocycles. The van der Waals surface area contributed by atoms with Gasteiger partial charge in [0.05, 0.1) is 17.6 Å². The van der Waals surface area contributed by atoms with Gasteiger partial charge in [0.2, 0.25) is 0 Å². The molecule has 0 amide bonds. The summed E-state index contributed by atoms with van der Waals surface area (Å²) in [5.41, 5.74) is 11.9. The van der Waals surface area contributed by atoms with Crippen molar-refractivity contribution >= 4 is 33.1 Å². The van der Waals surface area contributed by atoms with Gasteiger partial charge >= 0.3 is 0 Å². The standard InChI is InChI=1S/C29H25N4O.C17H12N.Ir/c1-17(2)19-10-7-11-20(18(3)4)26(19)33-28(31-24-15-16-30-32-29(24)33)23-13-8-12-22-21-9-5-6-14-25(21)34-27(22)23;1-3-7-14(8-4-1)16-11-12-18-17(13-16)15-9-5-2-6-10-15;/h5-12,14-18H,1-4H3;1-9,11-13H;/q2*-1;. The molecule has 0 aliphatic rings. The van der Waals surface area contributed by atoms with Crippen LogP contribution in [0.5, 0.6) is 0 Å². The van der Waals surface area contributed by atoms with E-state index in [9.17, 15) is 0 Å². The van der Waals surface area contributed by atoms with Crippen molar-refractivity contribution in [2.24, 2.45) is 0 Å². The minimum Gasteiger partial charge on any atom is -0.501 e. The summed E-state index contributed by atoms with van der Waals surface area (Å²) in [6, 6.07) is 49.6. The number of hydrogen-bond acceptors (Lipinski definition) is 5. The van der Waals surface area contributed by atoms with Crippen LogP contribution in [0.3, 0.4) is 0 Å². The summed E-state index contributed by atoms with van der Waals surface area (Å²) < 4.78 is 8.52. The van der Waals surface area contributed by atoms with Gasteiger partial charge in [-0.2, -0.15) is 5.10 Å². The van der Waals surface area contributed by atoms with Gasteiger partial charge in [0.1, 0.15) is 11.1 Å². The first kappa shape index (κ1) is 35.6. The number of rotatable bonds is 6. The Morgan fingerprint density at radius 3 is 2.17 bits per heavy atom. The molecule has 0 fully saturated rings. The van der Waals surface area contributed by atoms with Gasteiger partial charge in [0.25, 0.3) is 0 Å². The van der Waals surface area contributed by atoms with E-state index in [1.54, 1.807) is 6.20 Å². The second kappa shape index (κ2) is 15.5. The van der Waals surface area contributed by atoms with Crippen LogP contribution in [0.15, 0.2) is 144 Å². The van der Waals surface area contributed by atoms with Gasteiger partial charge in [-0.3, -0.25) is 4.98 Å². The number of aromatic nitrogens is 5. The minimum atomic E-state index is 0. The monoisotopic (exact) mass is 868 g/mol. The summed E-state index contributed by atoms with van der Waals surface area (Å²) >= 11 is 0. The molecule has 0 bridgehead atoms. The molecule has 0 atom stereocenters. The number of pyridine rings is 1. The van der Waals surface area contributed by atoms with Crippen molar-refractivity contribution in [3.8, 4) is 39.5 Å². The minimum absolute atomic E-state index is 0. The fourth-order valence-corrected chi connectivity index (χ4v) is 6.78. The zero-order valence-electron chi connectivity index (χ0n) is 29.9. The van der Waals surface area contributed by atoms with Crippen molar-refractivity contribution in [3.63, 3.8) is 0 Å². The van der Waals surface area contributed by atoms with Crippen LogP contribution in [0, 0.1) is 12.1 Å². The number of furan rings is 1. The molecule has 53 heavy (non-hydrogen) atoms. The Hall–Kier alpha value is -5.75. The number of hydrogen-bond donors (Lipinski definition) is 0. The molecule has 1 radical (unpaired) electrons. The van der Waals surface area contributed by atoms with Crippen molar-refractivity contribution in [1.29, 1.82) is 0 Å². The van der Waals surface area contributed by atoms with Crippen LogP contribution in [0.1, 0.15) is 50.7 Å². The zero-order valence-corrected chi connectivity index (χ0v) is 32.3. The summed E-state index contributed by atoms with van der Waals surface area (Å²) in [7, 11) is 0. The summed E-state index contributed by atoms with van der Waals surface area (Å²) in [5.74, 6) is 1.40. The van der Waals surface area contributed by atoms with E-state index in [0.29, 0.717) is 11.8 Å². The Morgan fingerprint density at radius 2 is 1.42 bits per heavy atom. The Morgan fingerprint density at radius 1 is 0.660 bits per heavy atom. The number of benzene rings is 5. The predicted octanol–water partition coefficient (Wildman–Crippen LogP) is 11.6. The summed E-state index contributed by atoms with van der Waals surface area (Å²) in [5, 5.41) is 10.9. The second-order valence-electron chi connectivity index (χ2n) is 13.4. The summed E-state index contributed by atoms with van der Waals surface area (Å²) in [4.78, 5) is 9.45. The first-order chi connectivity index (χ1) is 25.5. The molecule has 0 aliphatic carbocycles. The van der Waals surface area contributed by atoms with Gasteiger partial charge in [-0.05, 0) is 58.0 Å². The van der Waals surface area contributed by atoms with Crippen LogP contribution in [-0.4, -0.2) is 24.7 Å². The van der Waals surface area contributed by atoms with Crippen LogP contribution < -0.4 is 0 Å². The smallest absolute Gasteiger partial charge is 0.178 e. The fourth-order valence-electron chi connectivity index (χ4n) is 6.78. The van der Waals surface area contributed by atoms with E-state index in [4.69, 9.17) is 9.40 Å². The number of fused-ring (bicyclic) bond motifs is 4. The van der Waals surface area contributed by atoms with Gasteiger partial charge in [-0.1, -0.05) is 111 Å². The molecule has 263 valence electrons. The maximum absolute atomic E-state index is 6.36. The topological polar surface area (TPSA) is 69.6 Å². The Balaban J connectivity index is 0.000000194. The third-order valence-corrected chi connectivity index (χ3v) is 9.31. The normalized spacial score (nSPS) is 11.2. The fraction of sp³-hybridized carbons (Fsp3) is 0.130. The van der Waals surface area contributed by atoms with Gasteiger partial charge in [-0.25, -0.2) is 0 Å². The first-order valence-electron chi connectivity index (χ1n) is 17.6. The zero-order chi connectivity index (χ0) is 35.6. The molecule has 6 nitrogen and oxygen atoms in total. The van der Waals surface area contributed by atoms with Crippen molar-refractivity contribution in [2.45, 2.75) is 39.5 Å². The van der Waals surface area contributed by atoms with Crippen molar-refractivity contribution in [3.05, 3.63) is 163 Å². The molecular formula is C46H37IrN5O-2. The van der Waals surface area contributed by atoms with Crippen molar-refractivity contribution in [1.82, 2.24) is 24.7 Å². The third kappa shape index (κ3) is 6.94. The number of para-hydroxylation sites is 2. The molecule has 9 rings (SSSR count). The molecule has 0 N–H and O–H groups in total. The average Bonchev–Trinajstić information content (AvgIpc) is 3.77. The van der Waals surface area contributed by atoms with E-state index >= 15 is 0 Å². The van der Waals surface area contributed by atoms with Gasteiger partial charge in [0, 0.05) is 37.4 Å². The van der Waals surface area contributed by atoms with Crippen LogP contribution in [0.2, 0.25) is 0 Å². The van der Waals surface area contributed by atoms with Crippen LogP contribution in [0.4, 0.5) is 0 Å². The Bertz CT molecular complexity index is 2560.